The predicted octanol–water partition coefficient (Wildman–Crippen LogP) is 4.36. The van der Waals surface area contributed by atoms with Crippen LogP contribution in [-0.2, 0) is 0 Å². The van der Waals surface area contributed by atoms with Crippen LogP contribution in [0.2, 0.25) is 0 Å². The van der Waals surface area contributed by atoms with Gasteiger partial charge in [0.25, 0.3) is 0 Å². The number of benzene rings is 1. The molecule has 1 aromatic heterocycles. The van der Waals surface area contributed by atoms with Gasteiger partial charge < -0.3 is 10.6 Å². The fourth-order valence-electron chi connectivity index (χ4n) is 1.67. The van der Waals surface area contributed by atoms with Crippen LogP contribution in [0.25, 0.3) is 0 Å². The van der Waals surface area contributed by atoms with Crippen molar-refractivity contribution < 1.29 is 0 Å². The summed E-state index contributed by atoms with van der Waals surface area (Å²) in [5.74, 6) is 2.00. The summed E-state index contributed by atoms with van der Waals surface area (Å²) in [5.41, 5.74) is 2.16. The predicted molar refractivity (Wildman–Crippen MR) is 87.5 cm³/mol. The average Bonchev–Trinajstić information content (AvgIpc) is 2.40. The molecule has 1 aromatic carbocycles. The number of halogens is 1. The zero-order chi connectivity index (χ0) is 14.5. The van der Waals surface area contributed by atoms with E-state index in [-0.39, 0.29) is 0 Å². The summed E-state index contributed by atoms with van der Waals surface area (Å²) in [5, 5.41) is 6.51. The van der Waals surface area contributed by atoms with Gasteiger partial charge in [0.1, 0.15) is 5.82 Å². The monoisotopic (exact) mass is 334 g/mol. The molecular formula is C15H19BrN4. The molecule has 0 fully saturated rings. The van der Waals surface area contributed by atoms with Gasteiger partial charge in [0.15, 0.2) is 0 Å². The first-order valence-electron chi connectivity index (χ1n) is 6.64. The van der Waals surface area contributed by atoms with Crippen molar-refractivity contribution in [2.75, 3.05) is 17.2 Å². The molecule has 0 spiro atoms. The van der Waals surface area contributed by atoms with Crippen LogP contribution in [0.3, 0.4) is 0 Å². The molecule has 0 bridgehead atoms. The fraction of sp³-hybridized carbons (Fsp3) is 0.333. The lowest BCUT2D eigenvalue weighted by Gasteiger charge is -2.11. The lowest BCUT2D eigenvalue weighted by molar-refractivity contribution is 0.687. The molecule has 2 aromatic rings. The van der Waals surface area contributed by atoms with Gasteiger partial charge in [0.2, 0.25) is 5.95 Å². The van der Waals surface area contributed by atoms with Crippen molar-refractivity contribution >= 4 is 33.4 Å². The molecule has 4 nitrogen and oxygen atoms in total. The molecule has 0 atom stereocenters. The minimum atomic E-state index is 0.576. The van der Waals surface area contributed by atoms with Crippen LogP contribution in [0.15, 0.2) is 34.9 Å². The Morgan fingerprint density at radius 3 is 2.75 bits per heavy atom. The van der Waals surface area contributed by atoms with E-state index in [9.17, 15) is 0 Å². The standard InChI is InChI=1S/C15H19BrN4/c1-10(2)9-18-14-6-7-17-15(20-14)19-13-5-4-11(3)8-12(13)16/h4-8,10H,9H2,1-3H3,(H2,17,18,19,20). The maximum absolute atomic E-state index is 4.45. The molecular weight excluding hydrogens is 316 g/mol. The zero-order valence-corrected chi connectivity index (χ0v) is 13.5. The summed E-state index contributed by atoms with van der Waals surface area (Å²) in [6, 6.07) is 7.99. The molecule has 2 N–H and O–H groups in total. The van der Waals surface area contributed by atoms with E-state index in [2.05, 4.69) is 63.4 Å². The highest BCUT2D eigenvalue weighted by Gasteiger charge is 2.04. The highest BCUT2D eigenvalue weighted by Crippen LogP contribution is 2.25. The number of aromatic nitrogens is 2. The quantitative estimate of drug-likeness (QED) is 0.852. The third-order valence-electron chi connectivity index (χ3n) is 2.72. The molecule has 0 aliphatic carbocycles. The number of nitrogens with one attached hydrogen (secondary N) is 2. The Morgan fingerprint density at radius 1 is 1.25 bits per heavy atom. The summed E-state index contributed by atoms with van der Waals surface area (Å²) in [6.45, 7) is 7.28. The first-order valence-corrected chi connectivity index (χ1v) is 7.44. The summed E-state index contributed by atoms with van der Waals surface area (Å²) in [4.78, 5) is 8.69. The second-order valence-electron chi connectivity index (χ2n) is 5.15. The molecule has 20 heavy (non-hydrogen) atoms. The van der Waals surface area contributed by atoms with Crippen molar-refractivity contribution in [3.05, 3.63) is 40.5 Å². The molecule has 106 valence electrons. The lowest BCUT2D eigenvalue weighted by Crippen LogP contribution is -2.10. The lowest BCUT2D eigenvalue weighted by atomic mass is 10.2. The van der Waals surface area contributed by atoms with E-state index in [1.54, 1.807) is 6.20 Å². The summed E-state index contributed by atoms with van der Waals surface area (Å²) >= 11 is 3.54. The second-order valence-corrected chi connectivity index (χ2v) is 6.00. The van der Waals surface area contributed by atoms with Gasteiger partial charge in [0, 0.05) is 17.2 Å². The summed E-state index contributed by atoms with van der Waals surface area (Å²) in [7, 11) is 0. The molecule has 0 radical (unpaired) electrons. The van der Waals surface area contributed by atoms with Crippen molar-refractivity contribution in [2.45, 2.75) is 20.8 Å². The van der Waals surface area contributed by atoms with Crippen LogP contribution < -0.4 is 10.6 Å². The normalized spacial score (nSPS) is 10.7. The molecule has 2 rings (SSSR count). The Kier molecular flexibility index (Phi) is 4.95. The summed E-state index contributed by atoms with van der Waals surface area (Å²) in [6.07, 6.45) is 1.75. The Bertz CT molecular complexity index is 584. The van der Waals surface area contributed by atoms with E-state index < -0.39 is 0 Å². The van der Waals surface area contributed by atoms with Crippen molar-refractivity contribution in [1.82, 2.24) is 9.97 Å². The molecule has 5 heteroatoms. The van der Waals surface area contributed by atoms with Crippen LogP contribution >= 0.6 is 15.9 Å². The molecule has 0 aliphatic rings. The SMILES string of the molecule is Cc1ccc(Nc2nccc(NCC(C)C)n2)c(Br)c1. The Labute approximate surface area is 128 Å². The number of rotatable bonds is 5. The molecule has 0 amide bonds. The molecule has 0 saturated carbocycles. The van der Waals surface area contributed by atoms with Crippen LogP contribution in [-0.4, -0.2) is 16.5 Å². The van der Waals surface area contributed by atoms with Crippen LogP contribution in [0, 0.1) is 12.8 Å². The first-order chi connectivity index (χ1) is 9.54. The Morgan fingerprint density at radius 2 is 2.05 bits per heavy atom. The van der Waals surface area contributed by atoms with Gasteiger partial charge in [-0.3, -0.25) is 0 Å². The number of hydrogen-bond donors (Lipinski definition) is 2. The van der Waals surface area contributed by atoms with Crippen LogP contribution in [0.5, 0.6) is 0 Å². The highest BCUT2D eigenvalue weighted by molar-refractivity contribution is 9.10. The van der Waals surface area contributed by atoms with Gasteiger partial charge in [-0.25, -0.2) is 4.98 Å². The Hall–Kier alpha value is -1.62. The fourth-order valence-corrected chi connectivity index (χ4v) is 2.26. The van der Waals surface area contributed by atoms with Crippen molar-refractivity contribution in [2.24, 2.45) is 5.92 Å². The third kappa shape index (κ3) is 4.20. The Balaban J connectivity index is 2.11. The highest BCUT2D eigenvalue weighted by atomic mass is 79.9. The van der Waals surface area contributed by atoms with Gasteiger partial charge in [-0.1, -0.05) is 19.9 Å². The molecule has 0 unspecified atom stereocenters. The third-order valence-corrected chi connectivity index (χ3v) is 3.37. The maximum Gasteiger partial charge on any atom is 0.229 e. The van der Waals surface area contributed by atoms with Gasteiger partial charge >= 0.3 is 0 Å². The smallest absolute Gasteiger partial charge is 0.229 e. The van der Waals surface area contributed by atoms with E-state index in [4.69, 9.17) is 0 Å². The number of hydrogen-bond acceptors (Lipinski definition) is 4. The van der Waals surface area contributed by atoms with E-state index in [0.29, 0.717) is 11.9 Å². The van der Waals surface area contributed by atoms with E-state index in [0.717, 1.165) is 22.5 Å². The van der Waals surface area contributed by atoms with E-state index in [1.807, 2.05) is 18.2 Å². The van der Waals surface area contributed by atoms with Crippen molar-refractivity contribution in [3.63, 3.8) is 0 Å². The topological polar surface area (TPSA) is 49.8 Å². The van der Waals surface area contributed by atoms with Gasteiger partial charge in [-0.2, -0.15) is 4.98 Å². The van der Waals surface area contributed by atoms with Gasteiger partial charge in [-0.05, 0) is 52.5 Å². The second kappa shape index (κ2) is 6.70. The summed E-state index contributed by atoms with van der Waals surface area (Å²) < 4.78 is 1.00. The first kappa shape index (κ1) is 14.8. The average molecular weight is 335 g/mol. The van der Waals surface area contributed by atoms with Crippen LogP contribution in [0.4, 0.5) is 17.5 Å². The van der Waals surface area contributed by atoms with Gasteiger partial charge in [0.05, 0.1) is 5.69 Å². The van der Waals surface area contributed by atoms with Crippen LogP contribution in [0.1, 0.15) is 19.4 Å². The molecule has 1 heterocycles. The minimum Gasteiger partial charge on any atom is -0.370 e. The number of aryl methyl sites for hydroxylation is 1. The van der Waals surface area contributed by atoms with Crippen molar-refractivity contribution in [3.8, 4) is 0 Å². The maximum atomic E-state index is 4.45. The molecule has 0 saturated heterocycles. The largest absolute Gasteiger partial charge is 0.370 e. The van der Waals surface area contributed by atoms with E-state index in [1.165, 1.54) is 5.56 Å². The van der Waals surface area contributed by atoms with E-state index >= 15 is 0 Å². The zero-order valence-electron chi connectivity index (χ0n) is 11.9. The van der Waals surface area contributed by atoms with Crippen molar-refractivity contribution in [1.29, 1.82) is 0 Å². The minimum absolute atomic E-state index is 0.576. The molecule has 0 aliphatic heterocycles. The number of nitrogens with zero attached hydrogens (tertiary/aromatic N) is 2. The number of anilines is 3. The van der Waals surface area contributed by atoms with Gasteiger partial charge in [-0.15, -0.1) is 0 Å².